The van der Waals surface area contributed by atoms with Gasteiger partial charge in [-0.2, -0.15) is 26.3 Å². The molecule has 2 aliphatic heterocycles. The SMILES string of the molecule is CCCc1cc(C(O)(C(F)(F)F)C(F)(F)F)ccc1N1CCN(C(=O)CN2CNC(C)(c3ccc(OC(C)C)cn3)C2)CC1. The normalized spacial score (nSPS) is 20.5. The highest BCUT2D eigenvalue weighted by atomic mass is 19.4. The Bertz CT molecular complexity index is 1280. The first kappa shape index (κ1) is 33.8. The van der Waals surface area contributed by atoms with Crippen molar-refractivity contribution in [1.29, 1.82) is 0 Å². The van der Waals surface area contributed by atoms with E-state index >= 15 is 0 Å². The van der Waals surface area contributed by atoms with E-state index in [1.807, 2.05) is 42.7 Å². The number of halogens is 6. The molecular weight excluding hydrogens is 592 g/mol. The van der Waals surface area contributed by atoms with Crippen molar-refractivity contribution < 1.29 is 41.0 Å². The van der Waals surface area contributed by atoms with Crippen LogP contribution in [0.3, 0.4) is 0 Å². The molecule has 8 nitrogen and oxygen atoms in total. The largest absolute Gasteiger partial charge is 0.489 e. The fourth-order valence-electron chi connectivity index (χ4n) is 5.74. The number of aryl methyl sites for hydroxylation is 1. The number of benzene rings is 1. The molecule has 0 spiro atoms. The lowest BCUT2D eigenvalue weighted by molar-refractivity contribution is -0.376. The van der Waals surface area contributed by atoms with Crippen LogP contribution in [0.5, 0.6) is 5.75 Å². The molecule has 2 N–H and O–H groups in total. The van der Waals surface area contributed by atoms with Gasteiger partial charge in [-0.25, -0.2) is 0 Å². The second-order valence-electron chi connectivity index (χ2n) is 11.9. The van der Waals surface area contributed by atoms with Gasteiger partial charge in [0, 0.05) is 50.6 Å². The Kier molecular flexibility index (Phi) is 9.77. The molecule has 1 amide bonds. The van der Waals surface area contributed by atoms with Crippen LogP contribution >= 0.6 is 0 Å². The maximum Gasteiger partial charge on any atom is 0.430 e. The zero-order valence-corrected chi connectivity index (χ0v) is 25.2. The second kappa shape index (κ2) is 12.7. The van der Waals surface area contributed by atoms with E-state index in [0.717, 1.165) is 11.8 Å². The third-order valence-electron chi connectivity index (χ3n) is 8.08. The lowest BCUT2D eigenvalue weighted by Gasteiger charge is -2.38. The number of aromatic nitrogens is 1. The number of anilines is 1. The van der Waals surface area contributed by atoms with E-state index in [4.69, 9.17) is 4.74 Å². The van der Waals surface area contributed by atoms with Crippen LogP contribution in [-0.2, 0) is 22.4 Å². The summed E-state index contributed by atoms with van der Waals surface area (Å²) < 4.78 is 86.5. The summed E-state index contributed by atoms with van der Waals surface area (Å²) >= 11 is 0. The average molecular weight is 632 g/mol. The van der Waals surface area contributed by atoms with Gasteiger partial charge in [-0.15, -0.1) is 0 Å². The Morgan fingerprint density at radius 2 is 1.73 bits per heavy atom. The molecule has 2 aliphatic rings. The number of alkyl halides is 6. The van der Waals surface area contributed by atoms with E-state index in [0.29, 0.717) is 63.3 Å². The van der Waals surface area contributed by atoms with E-state index in [-0.39, 0.29) is 30.5 Å². The molecule has 4 rings (SSSR count). The molecule has 2 saturated heterocycles. The average Bonchev–Trinajstić information content (AvgIpc) is 3.32. The van der Waals surface area contributed by atoms with E-state index in [9.17, 15) is 36.2 Å². The first-order valence-corrected chi connectivity index (χ1v) is 14.6. The maximum absolute atomic E-state index is 13.5. The van der Waals surface area contributed by atoms with Crippen molar-refractivity contribution in [2.75, 3.05) is 50.8 Å². The standard InChI is InChI=1S/C30H39F6N5O3/c1-5-6-21-15-22(28(43,29(31,32)33)30(34,35)36)7-9-24(21)40-11-13-41(14-12-40)26(42)17-39-18-27(4,38-19-39)25-10-8-23(16-37-25)44-20(2)3/h7-10,15-16,20,38,43H,5-6,11-14,17-19H2,1-4H3. The van der Waals surface area contributed by atoms with Gasteiger partial charge in [0.25, 0.3) is 5.60 Å². The Morgan fingerprint density at radius 1 is 1.07 bits per heavy atom. The molecule has 1 atom stereocenters. The van der Waals surface area contributed by atoms with Crippen LogP contribution in [0, 0.1) is 0 Å². The Balaban J connectivity index is 1.38. The molecule has 0 bridgehead atoms. The zero-order chi connectivity index (χ0) is 32.5. The number of rotatable bonds is 9. The van der Waals surface area contributed by atoms with Crippen LogP contribution in [-0.4, -0.2) is 90.2 Å². The minimum atomic E-state index is -5.95. The van der Waals surface area contributed by atoms with Crippen molar-refractivity contribution in [2.24, 2.45) is 0 Å². The topological polar surface area (TPSA) is 81.2 Å². The second-order valence-corrected chi connectivity index (χ2v) is 11.9. The summed E-state index contributed by atoms with van der Waals surface area (Å²) in [7, 11) is 0. The summed E-state index contributed by atoms with van der Waals surface area (Å²) in [4.78, 5) is 23.3. The van der Waals surface area contributed by atoms with E-state index in [1.165, 1.54) is 6.07 Å². The number of ether oxygens (including phenoxy) is 1. The van der Waals surface area contributed by atoms with Gasteiger partial charge in [0.1, 0.15) is 5.75 Å². The van der Waals surface area contributed by atoms with Crippen molar-refractivity contribution in [3.8, 4) is 5.75 Å². The monoisotopic (exact) mass is 631 g/mol. The van der Waals surface area contributed by atoms with Crippen molar-refractivity contribution in [3.05, 3.63) is 53.3 Å². The molecule has 0 radical (unpaired) electrons. The number of amides is 1. The number of nitrogens with zero attached hydrogens (tertiary/aromatic N) is 4. The quantitative estimate of drug-likeness (QED) is 0.393. The highest BCUT2D eigenvalue weighted by Gasteiger charge is 2.71. The predicted molar refractivity (Wildman–Crippen MR) is 152 cm³/mol. The summed E-state index contributed by atoms with van der Waals surface area (Å²) in [5.74, 6) is 0.604. The fourth-order valence-corrected chi connectivity index (χ4v) is 5.74. The van der Waals surface area contributed by atoms with E-state index in [1.54, 1.807) is 18.0 Å². The highest BCUT2D eigenvalue weighted by Crippen LogP contribution is 2.50. The minimum Gasteiger partial charge on any atom is -0.489 e. The number of hydrogen-bond acceptors (Lipinski definition) is 7. The zero-order valence-electron chi connectivity index (χ0n) is 25.2. The van der Waals surface area contributed by atoms with Crippen LogP contribution < -0.4 is 15.0 Å². The summed E-state index contributed by atoms with van der Waals surface area (Å²) in [6, 6.07) is 6.46. The summed E-state index contributed by atoms with van der Waals surface area (Å²) in [6.45, 7) is 10.3. The molecule has 0 saturated carbocycles. The third kappa shape index (κ3) is 6.91. The molecule has 2 aromatic rings. The first-order chi connectivity index (χ1) is 20.5. The first-order valence-electron chi connectivity index (χ1n) is 14.6. The van der Waals surface area contributed by atoms with Crippen molar-refractivity contribution in [2.45, 2.75) is 70.1 Å². The number of nitrogens with one attached hydrogen (secondary N) is 1. The van der Waals surface area contributed by atoms with Gasteiger partial charge in [-0.05, 0) is 51.0 Å². The maximum atomic E-state index is 13.5. The van der Waals surface area contributed by atoms with E-state index < -0.39 is 29.1 Å². The van der Waals surface area contributed by atoms with Crippen molar-refractivity contribution >= 4 is 11.6 Å². The van der Waals surface area contributed by atoms with Crippen LogP contribution in [0.2, 0.25) is 0 Å². The number of aliphatic hydroxyl groups is 1. The molecule has 1 aromatic heterocycles. The highest BCUT2D eigenvalue weighted by molar-refractivity contribution is 5.78. The Labute approximate surface area is 253 Å². The third-order valence-corrected chi connectivity index (χ3v) is 8.08. The summed E-state index contributed by atoms with van der Waals surface area (Å²) in [5.41, 5.74) is -5.10. The molecule has 2 fully saturated rings. The predicted octanol–water partition coefficient (Wildman–Crippen LogP) is 4.56. The number of pyridine rings is 1. The van der Waals surface area contributed by atoms with Gasteiger partial charge in [-0.1, -0.05) is 25.5 Å². The summed E-state index contributed by atoms with van der Waals surface area (Å²) in [6.07, 6.45) is -9.49. The van der Waals surface area contributed by atoms with Crippen LogP contribution in [0.15, 0.2) is 36.5 Å². The van der Waals surface area contributed by atoms with Gasteiger partial charge in [0.05, 0.1) is 30.1 Å². The lowest BCUT2D eigenvalue weighted by atomic mass is 9.89. The molecule has 1 aromatic carbocycles. The lowest BCUT2D eigenvalue weighted by Crippen LogP contribution is -2.54. The molecule has 1 unspecified atom stereocenters. The minimum absolute atomic E-state index is 0.0354. The molecule has 244 valence electrons. The van der Waals surface area contributed by atoms with Gasteiger partial charge in [0.2, 0.25) is 5.91 Å². The smallest absolute Gasteiger partial charge is 0.430 e. The molecule has 14 heteroatoms. The molecule has 0 aliphatic carbocycles. The van der Waals surface area contributed by atoms with Gasteiger partial charge < -0.3 is 19.6 Å². The fraction of sp³-hybridized carbons (Fsp3) is 0.600. The van der Waals surface area contributed by atoms with Gasteiger partial charge >= 0.3 is 12.4 Å². The number of hydrogen-bond donors (Lipinski definition) is 2. The number of carbonyl (C=O) groups excluding carboxylic acids is 1. The van der Waals surface area contributed by atoms with Crippen LogP contribution in [0.25, 0.3) is 0 Å². The number of piperazine rings is 1. The summed E-state index contributed by atoms with van der Waals surface area (Å²) in [5, 5.41) is 13.3. The molecular formula is C30H39F6N5O3. The molecule has 3 heterocycles. The van der Waals surface area contributed by atoms with Crippen molar-refractivity contribution in [3.63, 3.8) is 0 Å². The van der Waals surface area contributed by atoms with Gasteiger partial charge in [-0.3, -0.25) is 20.0 Å². The molecule has 44 heavy (non-hydrogen) atoms. The van der Waals surface area contributed by atoms with Crippen LogP contribution in [0.1, 0.15) is 50.9 Å². The number of carbonyl (C=O) groups is 1. The Morgan fingerprint density at radius 3 is 2.27 bits per heavy atom. The van der Waals surface area contributed by atoms with E-state index in [2.05, 4.69) is 10.3 Å². The van der Waals surface area contributed by atoms with Gasteiger partial charge in [0.15, 0.2) is 0 Å². The van der Waals surface area contributed by atoms with Crippen molar-refractivity contribution in [1.82, 2.24) is 20.1 Å². The van der Waals surface area contributed by atoms with Crippen LogP contribution in [0.4, 0.5) is 32.0 Å². The Hall–Kier alpha value is -3.10.